The molecule has 1 heterocycles. The van der Waals surface area contributed by atoms with Crippen LogP contribution < -0.4 is 5.32 Å². The zero-order chi connectivity index (χ0) is 34.7. The van der Waals surface area contributed by atoms with E-state index in [9.17, 15) is 18.6 Å². The van der Waals surface area contributed by atoms with Crippen molar-refractivity contribution in [3.63, 3.8) is 0 Å². The number of carboxylic acid groups (broad SMARTS) is 1. The van der Waals surface area contributed by atoms with E-state index in [4.69, 9.17) is 10.1 Å². The second-order valence-corrected chi connectivity index (χ2v) is 17.8. The van der Waals surface area contributed by atoms with E-state index in [1.165, 1.54) is 0 Å². The van der Waals surface area contributed by atoms with Crippen molar-refractivity contribution in [3.8, 4) is 0 Å². The van der Waals surface area contributed by atoms with Crippen molar-refractivity contribution in [2.24, 2.45) is 21.7 Å². The maximum atomic E-state index is 14.8. The molecule has 47 heavy (non-hydrogen) atoms. The van der Waals surface area contributed by atoms with Gasteiger partial charge in [-0.1, -0.05) is 79.7 Å². The first kappa shape index (κ1) is 36.5. The number of amides is 2. The number of nitrogens with zero attached hydrogens (tertiary/aromatic N) is 2. The Bertz CT molecular complexity index is 1510. The van der Waals surface area contributed by atoms with Crippen molar-refractivity contribution in [2.75, 3.05) is 6.54 Å². The lowest BCUT2D eigenvalue weighted by Crippen LogP contribution is -2.51. The van der Waals surface area contributed by atoms with Gasteiger partial charge in [-0.15, -0.1) is 0 Å². The SMILES string of the molecule is CC(C)S(=O)c1cccc(C2=NC3(CCC(C(C)(C)C)CC3)N([C@H](CCC(C)(C)C)c3ccc(C(=O)NCCC(=O)O)cc3)C2=O)c1. The van der Waals surface area contributed by atoms with Crippen LogP contribution in [-0.4, -0.2) is 55.2 Å². The Kier molecular flexibility index (Phi) is 11.2. The van der Waals surface area contributed by atoms with E-state index in [0.29, 0.717) is 27.7 Å². The zero-order valence-electron chi connectivity index (χ0n) is 29.4. The van der Waals surface area contributed by atoms with E-state index in [2.05, 4.69) is 46.9 Å². The second-order valence-electron chi connectivity index (χ2n) is 15.8. The van der Waals surface area contributed by atoms with Crippen molar-refractivity contribution in [2.45, 2.75) is 122 Å². The van der Waals surface area contributed by atoms with E-state index in [0.717, 1.165) is 44.1 Å². The lowest BCUT2D eigenvalue weighted by Gasteiger charge is -2.47. The molecule has 2 aromatic rings. The van der Waals surface area contributed by atoms with Gasteiger partial charge in [0.2, 0.25) is 0 Å². The number of hydrogen-bond acceptors (Lipinski definition) is 5. The standard InChI is InChI=1S/C38H53N3O5S/c1-25(2)47(46)30-11-9-10-28(24-30)33-35(45)41(38(40-33)21-16-29(17-22-38)37(6,7)8)31(18-20-36(3,4)5)26-12-14-27(15-13-26)34(44)39-23-19-32(42)43/h9-15,24-25,29,31H,16-23H2,1-8H3,(H,39,44)(H,42,43)/t29?,31-,38?,47?/m1/s1. The molecular weight excluding hydrogens is 611 g/mol. The first-order valence-corrected chi connectivity index (χ1v) is 18.2. The lowest BCUT2D eigenvalue weighted by atomic mass is 9.69. The molecule has 2 amide bonds. The summed E-state index contributed by atoms with van der Waals surface area (Å²) >= 11 is 0. The molecule has 2 aromatic carbocycles. The molecule has 0 radical (unpaired) electrons. The van der Waals surface area contributed by atoms with Crippen molar-refractivity contribution >= 4 is 34.3 Å². The summed E-state index contributed by atoms with van der Waals surface area (Å²) in [5, 5.41) is 11.5. The monoisotopic (exact) mass is 663 g/mol. The van der Waals surface area contributed by atoms with Crippen LogP contribution in [0, 0.1) is 16.7 Å². The molecule has 1 saturated carbocycles. The van der Waals surface area contributed by atoms with Crippen molar-refractivity contribution < 1.29 is 23.7 Å². The number of benzene rings is 2. The molecule has 1 aliphatic heterocycles. The van der Waals surface area contributed by atoms with Gasteiger partial charge in [0.05, 0.1) is 23.3 Å². The van der Waals surface area contributed by atoms with Crippen molar-refractivity contribution in [1.82, 2.24) is 10.2 Å². The maximum Gasteiger partial charge on any atom is 0.305 e. The number of aliphatic carboxylic acids is 1. The Hall–Kier alpha value is -3.33. The Morgan fingerprint density at radius 3 is 2.23 bits per heavy atom. The Morgan fingerprint density at radius 1 is 1.04 bits per heavy atom. The molecule has 2 aliphatic rings. The summed E-state index contributed by atoms with van der Waals surface area (Å²) in [7, 11) is -1.20. The molecule has 8 nitrogen and oxygen atoms in total. The van der Waals surface area contributed by atoms with Crippen LogP contribution in [-0.2, 0) is 20.4 Å². The fraction of sp³-hybridized carbons (Fsp3) is 0.579. The summed E-state index contributed by atoms with van der Waals surface area (Å²) < 4.78 is 13.0. The van der Waals surface area contributed by atoms with Gasteiger partial charge in [0.15, 0.2) is 0 Å². The number of carbonyl (C=O) groups is 3. The van der Waals surface area contributed by atoms with Crippen LogP contribution in [0.1, 0.15) is 128 Å². The number of carboxylic acids is 1. The molecule has 2 atom stereocenters. The van der Waals surface area contributed by atoms with Crippen LogP contribution in [0.5, 0.6) is 0 Å². The Balaban J connectivity index is 1.76. The van der Waals surface area contributed by atoms with Crippen LogP contribution in [0.25, 0.3) is 0 Å². The van der Waals surface area contributed by atoms with E-state index in [-0.39, 0.29) is 46.9 Å². The number of rotatable bonds is 11. The molecule has 9 heteroatoms. The van der Waals surface area contributed by atoms with Gasteiger partial charge in [-0.25, -0.2) is 0 Å². The lowest BCUT2D eigenvalue weighted by molar-refractivity contribution is -0.137. The predicted octanol–water partition coefficient (Wildman–Crippen LogP) is 7.54. The van der Waals surface area contributed by atoms with Crippen LogP contribution in [0.3, 0.4) is 0 Å². The highest BCUT2D eigenvalue weighted by Crippen LogP contribution is 2.50. The van der Waals surface area contributed by atoms with Crippen LogP contribution in [0.15, 0.2) is 58.4 Å². The van der Waals surface area contributed by atoms with Gasteiger partial charge in [0.25, 0.3) is 11.8 Å². The third-order valence-corrected chi connectivity index (χ3v) is 11.2. The molecule has 4 rings (SSSR count). The molecule has 0 aromatic heterocycles. The average molecular weight is 664 g/mol. The van der Waals surface area contributed by atoms with Gasteiger partial charge in [0.1, 0.15) is 11.4 Å². The van der Waals surface area contributed by atoms with Crippen LogP contribution in [0.4, 0.5) is 0 Å². The molecular formula is C38H53N3O5S. The van der Waals surface area contributed by atoms with Gasteiger partial charge in [0, 0.05) is 27.8 Å². The zero-order valence-corrected chi connectivity index (χ0v) is 30.2. The largest absolute Gasteiger partial charge is 0.481 e. The first-order valence-electron chi connectivity index (χ1n) is 17.0. The summed E-state index contributed by atoms with van der Waals surface area (Å²) in [6, 6.07) is 14.6. The molecule has 1 fully saturated rings. The highest BCUT2D eigenvalue weighted by molar-refractivity contribution is 7.85. The third kappa shape index (κ3) is 8.78. The number of aliphatic imine (C=N–C) groups is 1. The first-order chi connectivity index (χ1) is 21.9. The topological polar surface area (TPSA) is 116 Å². The molecule has 1 unspecified atom stereocenters. The smallest absolute Gasteiger partial charge is 0.305 e. The molecule has 2 N–H and O–H groups in total. The summed E-state index contributed by atoms with van der Waals surface area (Å²) in [5.41, 5.74) is 1.99. The predicted molar refractivity (Wildman–Crippen MR) is 188 cm³/mol. The molecule has 1 spiro atoms. The highest BCUT2D eigenvalue weighted by atomic mass is 32.2. The van der Waals surface area contributed by atoms with Gasteiger partial charge in [-0.3, -0.25) is 23.6 Å². The quantitative estimate of drug-likeness (QED) is 0.258. The van der Waals surface area contributed by atoms with Gasteiger partial charge in [-0.05, 0) is 85.1 Å². The van der Waals surface area contributed by atoms with Crippen molar-refractivity contribution in [3.05, 3.63) is 65.2 Å². The molecule has 256 valence electrons. The second kappa shape index (κ2) is 14.4. The van der Waals surface area contributed by atoms with Gasteiger partial charge < -0.3 is 15.3 Å². The number of carbonyl (C=O) groups excluding carboxylic acids is 2. The summed E-state index contributed by atoms with van der Waals surface area (Å²) in [6.07, 6.45) is 4.90. The van der Waals surface area contributed by atoms with Gasteiger partial charge in [-0.2, -0.15) is 0 Å². The van der Waals surface area contributed by atoms with E-state index >= 15 is 0 Å². The molecule has 1 aliphatic carbocycles. The third-order valence-electron chi connectivity index (χ3n) is 9.63. The minimum Gasteiger partial charge on any atom is -0.481 e. The summed E-state index contributed by atoms with van der Waals surface area (Å²) in [5.74, 6) is -0.888. The summed E-state index contributed by atoms with van der Waals surface area (Å²) in [6.45, 7) is 17.4. The van der Waals surface area contributed by atoms with E-state index in [1.807, 2.05) is 55.1 Å². The number of nitrogens with one attached hydrogen (secondary N) is 1. The minimum atomic E-state index is -1.20. The normalized spacial score (nSPS) is 21.6. The van der Waals surface area contributed by atoms with Crippen LogP contribution >= 0.6 is 0 Å². The van der Waals surface area contributed by atoms with Crippen LogP contribution in [0.2, 0.25) is 0 Å². The number of hydrogen-bond donors (Lipinski definition) is 2. The Labute approximate surface area is 283 Å². The fourth-order valence-electron chi connectivity index (χ4n) is 6.83. The molecule has 0 saturated heterocycles. The van der Waals surface area contributed by atoms with E-state index in [1.54, 1.807) is 12.1 Å². The van der Waals surface area contributed by atoms with Gasteiger partial charge >= 0.3 is 5.97 Å². The fourth-order valence-corrected chi connectivity index (χ4v) is 7.83. The highest BCUT2D eigenvalue weighted by Gasteiger charge is 2.52. The average Bonchev–Trinajstić information content (AvgIpc) is 3.27. The summed E-state index contributed by atoms with van der Waals surface area (Å²) in [4.78, 5) is 46.5. The molecule has 0 bridgehead atoms. The van der Waals surface area contributed by atoms with E-state index < -0.39 is 22.4 Å². The minimum absolute atomic E-state index is 0.0287. The van der Waals surface area contributed by atoms with Crippen molar-refractivity contribution in [1.29, 1.82) is 0 Å². The Morgan fingerprint density at radius 2 is 1.68 bits per heavy atom. The maximum absolute atomic E-state index is 14.8.